The van der Waals surface area contributed by atoms with Gasteiger partial charge in [-0.3, -0.25) is 4.79 Å². The lowest BCUT2D eigenvalue weighted by Gasteiger charge is -2.19. The lowest BCUT2D eigenvalue weighted by atomic mass is 9.97. The second-order valence-electron chi connectivity index (χ2n) is 3.35. The standard InChI is InChI=1S/C10H21NO3/c1-4-8(5-2)9(12)6-11-7-10(13)14-3/h8-9,11-12H,4-7H2,1-3H3. The van der Waals surface area contributed by atoms with Crippen LogP contribution in [0, 0.1) is 5.92 Å². The van der Waals surface area contributed by atoms with Crippen molar-refractivity contribution in [2.45, 2.75) is 32.8 Å². The first kappa shape index (κ1) is 13.4. The van der Waals surface area contributed by atoms with E-state index < -0.39 is 0 Å². The minimum Gasteiger partial charge on any atom is -0.468 e. The van der Waals surface area contributed by atoms with Crippen molar-refractivity contribution in [1.29, 1.82) is 0 Å². The molecule has 1 atom stereocenters. The van der Waals surface area contributed by atoms with Crippen LogP contribution in [0.25, 0.3) is 0 Å². The van der Waals surface area contributed by atoms with Crippen LogP contribution in [0.4, 0.5) is 0 Å². The number of esters is 1. The Morgan fingerprint density at radius 3 is 2.43 bits per heavy atom. The second kappa shape index (κ2) is 7.76. The summed E-state index contributed by atoms with van der Waals surface area (Å²) in [5.74, 6) is 0.00175. The van der Waals surface area contributed by atoms with Gasteiger partial charge in [-0.25, -0.2) is 0 Å². The van der Waals surface area contributed by atoms with Crippen LogP contribution in [0.15, 0.2) is 0 Å². The molecule has 14 heavy (non-hydrogen) atoms. The first-order valence-corrected chi connectivity index (χ1v) is 5.11. The zero-order chi connectivity index (χ0) is 11.0. The topological polar surface area (TPSA) is 58.6 Å². The van der Waals surface area contributed by atoms with Gasteiger partial charge in [0.1, 0.15) is 0 Å². The van der Waals surface area contributed by atoms with Crippen molar-refractivity contribution in [2.24, 2.45) is 5.92 Å². The van der Waals surface area contributed by atoms with E-state index in [1.807, 2.05) is 0 Å². The van der Waals surface area contributed by atoms with Crippen molar-refractivity contribution in [1.82, 2.24) is 5.32 Å². The van der Waals surface area contributed by atoms with E-state index in [4.69, 9.17) is 0 Å². The first-order valence-electron chi connectivity index (χ1n) is 5.11. The molecule has 0 radical (unpaired) electrons. The lowest BCUT2D eigenvalue weighted by Crippen LogP contribution is -2.35. The van der Waals surface area contributed by atoms with Gasteiger partial charge in [-0.2, -0.15) is 0 Å². The quantitative estimate of drug-likeness (QED) is 0.593. The minimum atomic E-state index is -0.380. The number of aliphatic hydroxyl groups excluding tert-OH is 1. The highest BCUT2D eigenvalue weighted by Crippen LogP contribution is 2.11. The lowest BCUT2D eigenvalue weighted by molar-refractivity contribution is -0.139. The molecule has 1 unspecified atom stereocenters. The average molecular weight is 203 g/mol. The number of nitrogens with one attached hydrogen (secondary N) is 1. The third kappa shape index (κ3) is 5.19. The third-order valence-electron chi connectivity index (χ3n) is 2.44. The van der Waals surface area contributed by atoms with Gasteiger partial charge >= 0.3 is 5.97 Å². The van der Waals surface area contributed by atoms with Crippen molar-refractivity contribution in [3.8, 4) is 0 Å². The maximum absolute atomic E-state index is 10.7. The Labute approximate surface area is 85.6 Å². The molecule has 84 valence electrons. The summed E-state index contributed by atoms with van der Waals surface area (Å²) in [4.78, 5) is 10.7. The number of hydrogen-bond donors (Lipinski definition) is 2. The molecule has 0 aliphatic carbocycles. The van der Waals surface area contributed by atoms with Crippen molar-refractivity contribution in [2.75, 3.05) is 20.2 Å². The predicted molar refractivity (Wildman–Crippen MR) is 55.0 cm³/mol. The second-order valence-corrected chi connectivity index (χ2v) is 3.35. The molecule has 2 N–H and O–H groups in total. The Hall–Kier alpha value is -0.610. The van der Waals surface area contributed by atoms with Gasteiger partial charge < -0.3 is 15.2 Å². The van der Waals surface area contributed by atoms with Crippen LogP contribution in [-0.2, 0) is 9.53 Å². The summed E-state index contributed by atoms with van der Waals surface area (Å²) in [6.45, 7) is 4.71. The number of rotatable bonds is 7. The summed E-state index contributed by atoms with van der Waals surface area (Å²) >= 11 is 0. The molecule has 0 aromatic heterocycles. The number of carbonyl (C=O) groups is 1. The van der Waals surface area contributed by atoms with Gasteiger partial charge in [0, 0.05) is 6.54 Å². The molecule has 0 aliphatic rings. The van der Waals surface area contributed by atoms with Crippen LogP contribution < -0.4 is 5.32 Å². The monoisotopic (exact) mass is 203 g/mol. The summed E-state index contributed by atoms with van der Waals surface area (Å²) in [6.07, 6.45) is 1.53. The molecule has 0 aromatic rings. The summed E-state index contributed by atoms with van der Waals surface area (Å²) in [5, 5.41) is 12.5. The van der Waals surface area contributed by atoms with E-state index in [1.165, 1.54) is 7.11 Å². The van der Waals surface area contributed by atoms with Crippen molar-refractivity contribution in [3.63, 3.8) is 0 Å². The predicted octanol–water partition coefficient (Wildman–Crippen LogP) is 0.546. The molecule has 0 rings (SSSR count). The summed E-state index contributed by atoms with van der Waals surface area (Å²) in [5.41, 5.74) is 0. The first-order chi connectivity index (χ1) is 6.65. The van der Waals surface area contributed by atoms with E-state index in [0.717, 1.165) is 12.8 Å². The van der Waals surface area contributed by atoms with E-state index in [2.05, 4.69) is 23.9 Å². The van der Waals surface area contributed by atoms with Gasteiger partial charge in [-0.05, 0) is 5.92 Å². The van der Waals surface area contributed by atoms with E-state index in [-0.39, 0.29) is 18.6 Å². The largest absolute Gasteiger partial charge is 0.468 e. The molecular weight excluding hydrogens is 182 g/mol. The van der Waals surface area contributed by atoms with E-state index in [1.54, 1.807) is 0 Å². The van der Waals surface area contributed by atoms with Crippen LogP contribution in [-0.4, -0.2) is 37.4 Å². The highest BCUT2D eigenvalue weighted by molar-refractivity contribution is 5.71. The summed E-state index contributed by atoms with van der Waals surface area (Å²) in [6, 6.07) is 0. The molecule has 4 heteroatoms. The van der Waals surface area contributed by atoms with Crippen molar-refractivity contribution >= 4 is 5.97 Å². The van der Waals surface area contributed by atoms with Crippen molar-refractivity contribution < 1.29 is 14.6 Å². The number of methoxy groups -OCH3 is 1. The third-order valence-corrected chi connectivity index (χ3v) is 2.44. The molecule has 0 fully saturated rings. The van der Waals surface area contributed by atoms with Crippen LogP contribution in [0.2, 0.25) is 0 Å². The number of hydrogen-bond acceptors (Lipinski definition) is 4. The maximum atomic E-state index is 10.7. The van der Waals surface area contributed by atoms with E-state index >= 15 is 0 Å². The average Bonchev–Trinajstić information content (AvgIpc) is 2.19. The molecule has 0 amide bonds. The number of ether oxygens (including phenoxy) is 1. The zero-order valence-electron chi connectivity index (χ0n) is 9.25. The molecular formula is C10H21NO3. The molecule has 0 spiro atoms. The Bertz CT molecular complexity index is 157. The van der Waals surface area contributed by atoms with Gasteiger partial charge in [0.05, 0.1) is 19.8 Å². The van der Waals surface area contributed by atoms with Crippen LogP contribution >= 0.6 is 0 Å². The van der Waals surface area contributed by atoms with Gasteiger partial charge in [0.25, 0.3) is 0 Å². The fourth-order valence-corrected chi connectivity index (χ4v) is 1.39. The highest BCUT2D eigenvalue weighted by atomic mass is 16.5. The summed E-state index contributed by atoms with van der Waals surface area (Å²) < 4.78 is 4.46. The Kier molecular flexibility index (Phi) is 7.42. The molecule has 0 saturated heterocycles. The van der Waals surface area contributed by atoms with Gasteiger partial charge in [0.15, 0.2) is 0 Å². The normalized spacial score (nSPS) is 12.9. The molecule has 4 nitrogen and oxygen atoms in total. The minimum absolute atomic E-state index is 0.160. The number of carbonyl (C=O) groups excluding carboxylic acids is 1. The Morgan fingerprint density at radius 2 is 2.00 bits per heavy atom. The summed E-state index contributed by atoms with van der Waals surface area (Å²) in [7, 11) is 1.35. The smallest absolute Gasteiger partial charge is 0.319 e. The Balaban J connectivity index is 3.61. The van der Waals surface area contributed by atoms with E-state index in [0.29, 0.717) is 12.5 Å². The number of aliphatic hydroxyl groups is 1. The van der Waals surface area contributed by atoms with Gasteiger partial charge in [0.2, 0.25) is 0 Å². The molecule has 0 aromatic carbocycles. The highest BCUT2D eigenvalue weighted by Gasteiger charge is 2.14. The maximum Gasteiger partial charge on any atom is 0.319 e. The Morgan fingerprint density at radius 1 is 1.43 bits per heavy atom. The van der Waals surface area contributed by atoms with Crippen molar-refractivity contribution in [3.05, 3.63) is 0 Å². The van der Waals surface area contributed by atoms with Crippen LogP contribution in [0.3, 0.4) is 0 Å². The van der Waals surface area contributed by atoms with Crippen LogP contribution in [0.1, 0.15) is 26.7 Å². The van der Waals surface area contributed by atoms with Gasteiger partial charge in [-0.15, -0.1) is 0 Å². The van der Waals surface area contributed by atoms with E-state index in [9.17, 15) is 9.90 Å². The van der Waals surface area contributed by atoms with Gasteiger partial charge in [-0.1, -0.05) is 26.7 Å². The molecule has 0 saturated carbocycles. The fraction of sp³-hybridized carbons (Fsp3) is 0.900. The fourth-order valence-electron chi connectivity index (χ4n) is 1.39. The molecule has 0 aliphatic heterocycles. The SMILES string of the molecule is CCC(CC)C(O)CNCC(=O)OC. The molecule has 0 bridgehead atoms. The zero-order valence-corrected chi connectivity index (χ0v) is 9.25. The van der Waals surface area contributed by atoms with Crippen LogP contribution in [0.5, 0.6) is 0 Å². The molecule has 0 heterocycles.